The van der Waals surface area contributed by atoms with Crippen molar-refractivity contribution in [1.29, 1.82) is 0 Å². The molecular formula is C16H18N2O2. The molecule has 0 saturated carbocycles. The van der Waals surface area contributed by atoms with Gasteiger partial charge >= 0.3 is 5.97 Å². The normalized spacial score (nSPS) is 19.2. The van der Waals surface area contributed by atoms with Gasteiger partial charge in [0.25, 0.3) is 0 Å². The Morgan fingerprint density at radius 2 is 2.20 bits per heavy atom. The van der Waals surface area contributed by atoms with Crippen LogP contribution >= 0.6 is 0 Å². The van der Waals surface area contributed by atoms with Crippen LogP contribution in [-0.2, 0) is 0 Å². The highest BCUT2D eigenvalue weighted by Crippen LogP contribution is 2.25. The number of piperidine rings is 1. The Kier molecular flexibility index (Phi) is 3.30. The Labute approximate surface area is 118 Å². The van der Waals surface area contributed by atoms with Gasteiger partial charge in [-0.25, -0.2) is 9.78 Å². The molecule has 1 unspecified atom stereocenters. The van der Waals surface area contributed by atoms with E-state index in [2.05, 4.69) is 16.8 Å². The molecule has 1 N–H and O–H groups in total. The zero-order chi connectivity index (χ0) is 14.1. The van der Waals surface area contributed by atoms with Gasteiger partial charge in [0.1, 0.15) is 5.82 Å². The van der Waals surface area contributed by atoms with E-state index in [1.165, 1.54) is 12.8 Å². The van der Waals surface area contributed by atoms with Gasteiger partial charge in [-0.2, -0.15) is 0 Å². The summed E-state index contributed by atoms with van der Waals surface area (Å²) in [6.07, 6.45) is 2.46. The Morgan fingerprint density at radius 1 is 1.35 bits per heavy atom. The number of carboxylic acids is 1. The Balaban J connectivity index is 2.01. The van der Waals surface area contributed by atoms with Crippen LogP contribution in [0.2, 0.25) is 0 Å². The molecule has 1 aromatic heterocycles. The first-order valence-electron chi connectivity index (χ1n) is 7.03. The molecule has 1 aliphatic rings. The number of pyridine rings is 1. The summed E-state index contributed by atoms with van der Waals surface area (Å²) in [7, 11) is 0. The maximum Gasteiger partial charge on any atom is 0.336 e. The summed E-state index contributed by atoms with van der Waals surface area (Å²) < 4.78 is 0. The average Bonchev–Trinajstić information content (AvgIpc) is 2.46. The second-order valence-corrected chi connectivity index (χ2v) is 5.54. The lowest BCUT2D eigenvalue weighted by Gasteiger charge is -2.32. The molecule has 2 heterocycles. The topological polar surface area (TPSA) is 53.4 Å². The first-order chi connectivity index (χ1) is 9.65. The summed E-state index contributed by atoms with van der Waals surface area (Å²) in [4.78, 5) is 18.1. The van der Waals surface area contributed by atoms with Gasteiger partial charge in [0, 0.05) is 18.5 Å². The zero-order valence-corrected chi connectivity index (χ0v) is 11.5. The predicted molar refractivity (Wildman–Crippen MR) is 79.3 cm³/mol. The largest absolute Gasteiger partial charge is 0.478 e. The van der Waals surface area contributed by atoms with Crippen LogP contribution in [0, 0.1) is 5.92 Å². The smallest absolute Gasteiger partial charge is 0.336 e. The fraction of sp³-hybridized carbons (Fsp3) is 0.375. The van der Waals surface area contributed by atoms with E-state index in [9.17, 15) is 9.90 Å². The zero-order valence-electron chi connectivity index (χ0n) is 11.5. The number of nitrogens with zero attached hydrogens (tertiary/aromatic N) is 2. The van der Waals surface area contributed by atoms with Crippen molar-refractivity contribution in [2.24, 2.45) is 5.92 Å². The Morgan fingerprint density at radius 3 is 2.95 bits per heavy atom. The fourth-order valence-corrected chi connectivity index (χ4v) is 2.90. The summed E-state index contributed by atoms with van der Waals surface area (Å²) in [6, 6.07) is 9.06. The van der Waals surface area contributed by atoms with Gasteiger partial charge in [0.2, 0.25) is 0 Å². The third kappa shape index (κ3) is 2.33. The van der Waals surface area contributed by atoms with Crippen molar-refractivity contribution in [2.75, 3.05) is 18.0 Å². The van der Waals surface area contributed by atoms with Gasteiger partial charge in [-0.15, -0.1) is 0 Å². The third-order valence-electron chi connectivity index (χ3n) is 3.93. The number of carboxylic acid groups (broad SMARTS) is 1. The van der Waals surface area contributed by atoms with Gasteiger partial charge in [-0.3, -0.25) is 0 Å². The quantitative estimate of drug-likeness (QED) is 0.910. The van der Waals surface area contributed by atoms with E-state index >= 15 is 0 Å². The number of aromatic carboxylic acids is 1. The van der Waals surface area contributed by atoms with Crippen LogP contribution in [0.1, 0.15) is 30.1 Å². The van der Waals surface area contributed by atoms with Crippen LogP contribution in [0.4, 0.5) is 5.82 Å². The molecule has 4 heteroatoms. The highest BCUT2D eigenvalue weighted by atomic mass is 16.4. The van der Waals surface area contributed by atoms with E-state index < -0.39 is 5.97 Å². The molecule has 1 aromatic carbocycles. The second-order valence-electron chi connectivity index (χ2n) is 5.54. The van der Waals surface area contributed by atoms with Crippen LogP contribution in [-0.4, -0.2) is 29.1 Å². The summed E-state index contributed by atoms with van der Waals surface area (Å²) in [5.74, 6) is 0.731. The lowest BCUT2D eigenvalue weighted by molar-refractivity contribution is 0.0699. The van der Waals surface area contributed by atoms with Crippen molar-refractivity contribution in [3.63, 3.8) is 0 Å². The van der Waals surface area contributed by atoms with E-state index in [-0.39, 0.29) is 0 Å². The maximum atomic E-state index is 11.2. The molecule has 0 bridgehead atoms. The summed E-state index contributed by atoms with van der Waals surface area (Å²) in [5, 5.41) is 9.90. The van der Waals surface area contributed by atoms with Crippen molar-refractivity contribution < 1.29 is 9.90 Å². The summed E-state index contributed by atoms with van der Waals surface area (Å²) in [5.41, 5.74) is 1.06. The standard InChI is InChI=1S/C16H18N2O2/c1-11-4-3-9-18(10-11)15-8-7-12-13(16(19)20)5-2-6-14(12)17-15/h2,5-8,11H,3-4,9-10H2,1H3,(H,19,20). The molecule has 2 aromatic rings. The number of rotatable bonds is 2. The molecule has 20 heavy (non-hydrogen) atoms. The number of carbonyl (C=O) groups is 1. The lowest BCUT2D eigenvalue weighted by atomic mass is 10.0. The van der Waals surface area contributed by atoms with E-state index in [1.807, 2.05) is 18.2 Å². The number of hydrogen-bond donors (Lipinski definition) is 1. The van der Waals surface area contributed by atoms with Gasteiger partial charge in [0.15, 0.2) is 0 Å². The summed E-state index contributed by atoms with van der Waals surface area (Å²) in [6.45, 7) is 4.31. The second kappa shape index (κ2) is 5.12. The van der Waals surface area contributed by atoms with Gasteiger partial charge in [-0.1, -0.05) is 13.0 Å². The van der Waals surface area contributed by atoms with Crippen molar-refractivity contribution in [1.82, 2.24) is 4.98 Å². The molecule has 3 rings (SSSR count). The van der Waals surface area contributed by atoms with Crippen molar-refractivity contribution in [3.05, 3.63) is 35.9 Å². The third-order valence-corrected chi connectivity index (χ3v) is 3.93. The molecule has 1 aliphatic heterocycles. The van der Waals surface area contributed by atoms with E-state index in [0.717, 1.165) is 24.4 Å². The maximum absolute atomic E-state index is 11.2. The van der Waals surface area contributed by atoms with Crippen molar-refractivity contribution in [2.45, 2.75) is 19.8 Å². The van der Waals surface area contributed by atoms with Gasteiger partial charge in [-0.05, 0) is 43.0 Å². The highest BCUT2D eigenvalue weighted by molar-refractivity contribution is 6.02. The predicted octanol–water partition coefficient (Wildman–Crippen LogP) is 3.17. The minimum Gasteiger partial charge on any atom is -0.478 e. The SMILES string of the molecule is CC1CCCN(c2ccc3c(C(=O)O)cccc3n2)C1. The number of hydrogen-bond acceptors (Lipinski definition) is 3. The molecule has 0 aliphatic carbocycles. The molecule has 0 radical (unpaired) electrons. The first kappa shape index (κ1) is 12.9. The van der Waals surface area contributed by atoms with Crippen LogP contribution in [0.5, 0.6) is 0 Å². The van der Waals surface area contributed by atoms with E-state index in [0.29, 0.717) is 16.9 Å². The Bertz CT molecular complexity index is 654. The molecule has 1 atom stereocenters. The molecule has 1 saturated heterocycles. The van der Waals surface area contributed by atoms with Crippen LogP contribution < -0.4 is 4.90 Å². The summed E-state index contributed by atoms with van der Waals surface area (Å²) >= 11 is 0. The number of fused-ring (bicyclic) bond motifs is 1. The average molecular weight is 270 g/mol. The molecule has 0 spiro atoms. The lowest BCUT2D eigenvalue weighted by Crippen LogP contribution is -2.34. The van der Waals surface area contributed by atoms with Crippen molar-refractivity contribution >= 4 is 22.7 Å². The van der Waals surface area contributed by atoms with Crippen LogP contribution in [0.15, 0.2) is 30.3 Å². The minimum atomic E-state index is -0.906. The van der Waals surface area contributed by atoms with Crippen molar-refractivity contribution in [3.8, 4) is 0 Å². The van der Waals surface area contributed by atoms with Gasteiger partial charge in [0.05, 0.1) is 11.1 Å². The Hall–Kier alpha value is -2.10. The van der Waals surface area contributed by atoms with Gasteiger partial charge < -0.3 is 10.0 Å². The van der Waals surface area contributed by atoms with Crippen LogP contribution in [0.3, 0.4) is 0 Å². The number of aromatic nitrogens is 1. The van der Waals surface area contributed by atoms with Crippen LogP contribution in [0.25, 0.3) is 10.9 Å². The fourth-order valence-electron chi connectivity index (χ4n) is 2.90. The molecule has 4 nitrogen and oxygen atoms in total. The first-order valence-corrected chi connectivity index (χ1v) is 7.03. The minimum absolute atomic E-state index is 0.313. The highest BCUT2D eigenvalue weighted by Gasteiger charge is 2.18. The van der Waals surface area contributed by atoms with E-state index in [1.54, 1.807) is 12.1 Å². The molecule has 1 fully saturated rings. The molecular weight excluding hydrogens is 252 g/mol. The number of benzene rings is 1. The molecule has 0 amide bonds. The van der Waals surface area contributed by atoms with E-state index in [4.69, 9.17) is 0 Å². The molecule has 104 valence electrons. The monoisotopic (exact) mass is 270 g/mol. The number of anilines is 1.